The summed E-state index contributed by atoms with van der Waals surface area (Å²) in [6.45, 7) is 4.08. The van der Waals surface area contributed by atoms with E-state index in [0.29, 0.717) is 12.4 Å². The maximum Gasteiger partial charge on any atom is 0.252 e. The van der Waals surface area contributed by atoms with E-state index in [1.165, 1.54) is 24.6 Å². The quantitative estimate of drug-likeness (QED) is 0.861. The predicted octanol–water partition coefficient (Wildman–Crippen LogP) is 2.35. The molecule has 1 saturated heterocycles. The van der Waals surface area contributed by atoms with Gasteiger partial charge in [0.1, 0.15) is 5.75 Å². The molecule has 1 fully saturated rings. The highest BCUT2D eigenvalue weighted by Gasteiger charge is 2.10. The lowest BCUT2D eigenvalue weighted by Gasteiger charge is -2.25. The number of aromatic amines is 1. The molecule has 1 aliphatic rings. The van der Waals surface area contributed by atoms with Gasteiger partial charge in [-0.1, -0.05) is 12.1 Å². The van der Waals surface area contributed by atoms with E-state index in [-0.39, 0.29) is 5.56 Å². The van der Waals surface area contributed by atoms with Gasteiger partial charge in [0.2, 0.25) is 0 Å². The van der Waals surface area contributed by atoms with Crippen molar-refractivity contribution in [3.63, 3.8) is 0 Å². The number of ether oxygens (including phenoxy) is 1. The molecule has 0 radical (unpaired) electrons. The van der Waals surface area contributed by atoms with Crippen molar-refractivity contribution >= 4 is 22.7 Å². The van der Waals surface area contributed by atoms with Crippen LogP contribution in [0.2, 0.25) is 0 Å². The number of pyridine rings is 1. The third kappa shape index (κ3) is 3.80. The summed E-state index contributed by atoms with van der Waals surface area (Å²) in [5.74, 6) is 3.16. The first-order valence-electron chi connectivity index (χ1n) is 7.38. The van der Waals surface area contributed by atoms with Crippen LogP contribution in [-0.2, 0) is 0 Å². The molecule has 0 unspecified atom stereocenters. The molecule has 112 valence electrons. The summed E-state index contributed by atoms with van der Waals surface area (Å²) in [6.07, 6.45) is 0.992. The monoisotopic (exact) mass is 304 g/mol. The van der Waals surface area contributed by atoms with Crippen LogP contribution in [-0.4, -0.2) is 47.6 Å². The lowest BCUT2D eigenvalue weighted by atomic mass is 10.2. The van der Waals surface area contributed by atoms with E-state index in [0.717, 1.165) is 23.9 Å². The molecule has 1 aliphatic heterocycles. The van der Waals surface area contributed by atoms with Crippen LogP contribution >= 0.6 is 11.8 Å². The molecule has 0 saturated carbocycles. The maximum atomic E-state index is 11.6. The summed E-state index contributed by atoms with van der Waals surface area (Å²) < 4.78 is 5.84. The Kier molecular flexibility index (Phi) is 4.83. The topological polar surface area (TPSA) is 45.3 Å². The molecule has 0 aliphatic carbocycles. The highest BCUT2D eigenvalue weighted by atomic mass is 32.2. The van der Waals surface area contributed by atoms with Crippen LogP contribution in [0.15, 0.2) is 35.1 Å². The molecule has 3 rings (SSSR count). The van der Waals surface area contributed by atoms with E-state index < -0.39 is 0 Å². The number of thioether (sulfide) groups is 1. The number of nitrogens with one attached hydrogen (secondary N) is 1. The molecule has 0 spiro atoms. The second-order valence-electron chi connectivity index (χ2n) is 5.20. The number of fused-ring (bicyclic) bond motifs is 1. The van der Waals surface area contributed by atoms with Gasteiger partial charge in [-0.05, 0) is 18.6 Å². The van der Waals surface area contributed by atoms with E-state index in [1.807, 2.05) is 36.0 Å². The number of H-pyrrole nitrogens is 1. The van der Waals surface area contributed by atoms with E-state index >= 15 is 0 Å². The van der Waals surface area contributed by atoms with Crippen LogP contribution in [0.3, 0.4) is 0 Å². The van der Waals surface area contributed by atoms with Gasteiger partial charge >= 0.3 is 0 Å². The Morgan fingerprint density at radius 3 is 2.90 bits per heavy atom. The van der Waals surface area contributed by atoms with Crippen LogP contribution in [0.5, 0.6) is 5.75 Å². The fourth-order valence-corrected chi connectivity index (χ4v) is 3.57. The Hall–Kier alpha value is -1.46. The number of hydrogen-bond donors (Lipinski definition) is 1. The number of para-hydroxylation sites is 1. The Labute approximate surface area is 128 Å². The number of rotatable bonds is 5. The largest absolute Gasteiger partial charge is 0.493 e. The molecule has 21 heavy (non-hydrogen) atoms. The van der Waals surface area contributed by atoms with Crippen molar-refractivity contribution in [2.24, 2.45) is 0 Å². The van der Waals surface area contributed by atoms with Crippen LogP contribution in [0.1, 0.15) is 6.42 Å². The second-order valence-corrected chi connectivity index (χ2v) is 6.42. The van der Waals surface area contributed by atoms with Crippen molar-refractivity contribution in [3.05, 3.63) is 40.7 Å². The first kappa shape index (κ1) is 14.5. The Morgan fingerprint density at radius 1 is 1.24 bits per heavy atom. The molecule has 5 heteroatoms. The van der Waals surface area contributed by atoms with Gasteiger partial charge in [-0.25, -0.2) is 0 Å². The van der Waals surface area contributed by atoms with Crippen molar-refractivity contribution in [2.75, 3.05) is 37.7 Å². The molecule has 1 aromatic carbocycles. The van der Waals surface area contributed by atoms with Gasteiger partial charge in [-0.3, -0.25) is 4.79 Å². The minimum atomic E-state index is -0.114. The Balaban J connectivity index is 1.58. The second kappa shape index (κ2) is 7.00. The summed E-state index contributed by atoms with van der Waals surface area (Å²) in [6, 6.07) is 9.28. The Morgan fingerprint density at radius 2 is 2.05 bits per heavy atom. The molecule has 0 amide bonds. The van der Waals surface area contributed by atoms with E-state index in [1.54, 1.807) is 6.07 Å². The van der Waals surface area contributed by atoms with Crippen molar-refractivity contribution in [3.8, 4) is 5.75 Å². The summed E-state index contributed by atoms with van der Waals surface area (Å²) in [4.78, 5) is 16.9. The van der Waals surface area contributed by atoms with Gasteiger partial charge in [0, 0.05) is 42.6 Å². The first-order valence-corrected chi connectivity index (χ1v) is 8.53. The fourth-order valence-electron chi connectivity index (χ4n) is 2.59. The molecule has 2 aromatic rings. The zero-order valence-electron chi connectivity index (χ0n) is 12.0. The summed E-state index contributed by atoms with van der Waals surface area (Å²) in [7, 11) is 0. The molecule has 1 aromatic heterocycles. The molecule has 0 bridgehead atoms. The summed E-state index contributed by atoms with van der Waals surface area (Å²) in [5.41, 5.74) is 0.713. The van der Waals surface area contributed by atoms with Gasteiger partial charge in [0.15, 0.2) is 0 Å². The van der Waals surface area contributed by atoms with Gasteiger partial charge in [0.25, 0.3) is 5.56 Å². The summed E-state index contributed by atoms with van der Waals surface area (Å²) in [5, 5.41) is 0.964. The molecular weight excluding hydrogens is 284 g/mol. The van der Waals surface area contributed by atoms with E-state index in [4.69, 9.17) is 4.74 Å². The summed E-state index contributed by atoms with van der Waals surface area (Å²) >= 11 is 2.03. The van der Waals surface area contributed by atoms with Crippen LogP contribution in [0.25, 0.3) is 10.9 Å². The van der Waals surface area contributed by atoms with Crippen molar-refractivity contribution < 1.29 is 4.74 Å². The number of aromatic nitrogens is 1. The van der Waals surface area contributed by atoms with Gasteiger partial charge in [0.05, 0.1) is 12.1 Å². The zero-order valence-corrected chi connectivity index (χ0v) is 12.8. The number of hydrogen-bond acceptors (Lipinski definition) is 4. The van der Waals surface area contributed by atoms with Crippen LogP contribution < -0.4 is 10.3 Å². The van der Waals surface area contributed by atoms with Crippen molar-refractivity contribution in [1.82, 2.24) is 9.88 Å². The van der Waals surface area contributed by atoms with Gasteiger partial charge < -0.3 is 14.6 Å². The molecule has 1 N–H and O–H groups in total. The van der Waals surface area contributed by atoms with Crippen LogP contribution in [0, 0.1) is 0 Å². The van der Waals surface area contributed by atoms with E-state index in [2.05, 4.69) is 9.88 Å². The highest BCUT2D eigenvalue weighted by Crippen LogP contribution is 2.21. The van der Waals surface area contributed by atoms with Gasteiger partial charge in [-0.15, -0.1) is 0 Å². The zero-order chi connectivity index (χ0) is 14.5. The third-order valence-corrected chi connectivity index (χ3v) is 4.64. The standard InChI is InChI=1S/C16H20N2O2S/c19-16-12-15(13-4-1-2-5-14(13)17-16)20-9-3-6-18-7-10-21-11-8-18/h1-2,4-5,12H,3,6-11H2,(H,17,19). The smallest absolute Gasteiger partial charge is 0.252 e. The highest BCUT2D eigenvalue weighted by molar-refractivity contribution is 7.99. The SMILES string of the molecule is O=c1cc(OCCCN2CCSCC2)c2ccccc2[nH]1. The molecule has 2 heterocycles. The minimum Gasteiger partial charge on any atom is -0.493 e. The minimum absolute atomic E-state index is 0.114. The lowest BCUT2D eigenvalue weighted by Crippen LogP contribution is -2.33. The predicted molar refractivity (Wildman–Crippen MR) is 88.4 cm³/mol. The fraction of sp³-hybridized carbons (Fsp3) is 0.438. The number of nitrogens with zero attached hydrogens (tertiary/aromatic N) is 1. The average molecular weight is 304 g/mol. The third-order valence-electron chi connectivity index (χ3n) is 3.69. The average Bonchev–Trinajstić information content (AvgIpc) is 2.52. The van der Waals surface area contributed by atoms with Gasteiger partial charge in [-0.2, -0.15) is 11.8 Å². The normalized spacial score (nSPS) is 16.2. The number of benzene rings is 1. The van der Waals surface area contributed by atoms with Crippen molar-refractivity contribution in [2.45, 2.75) is 6.42 Å². The molecular formula is C16H20N2O2S. The van der Waals surface area contributed by atoms with Crippen LogP contribution in [0.4, 0.5) is 0 Å². The van der Waals surface area contributed by atoms with Crippen molar-refractivity contribution in [1.29, 1.82) is 0 Å². The maximum absolute atomic E-state index is 11.6. The Bertz CT molecular complexity index is 650. The molecule has 4 nitrogen and oxygen atoms in total. The lowest BCUT2D eigenvalue weighted by molar-refractivity contribution is 0.250. The van der Waals surface area contributed by atoms with E-state index in [9.17, 15) is 4.79 Å². The molecule has 0 atom stereocenters. The first-order chi connectivity index (χ1) is 10.3.